The van der Waals surface area contributed by atoms with Crippen LogP contribution in [-0.4, -0.2) is 30.4 Å². The molecule has 0 saturated heterocycles. The van der Waals surface area contributed by atoms with E-state index in [-0.39, 0.29) is 18.3 Å². The molecular formula is C23H19BrN2O4. The van der Waals surface area contributed by atoms with Crippen LogP contribution in [0.5, 0.6) is 11.5 Å². The van der Waals surface area contributed by atoms with Crippen molar-refractivity contribution in [2.75, 3.05) is 19.0 Å². The Morgan fingerprint density at radius 2 is 1.77 bits per heavy atom. The Morgan fingerprint density at radius 1 is 1.03 bits per heavy atom. The summed E-state index contributed by atoms with van der Waals surface area (Å²) in [5.74, 6) is 0.485. The van der Waals surface area contributed by atoms with Gasteiger partial charge in [0.1, 0.15) is 0 Å². The number of nitrogens with one attached hydrogen (secondary N) is 1. The first kappa shape index (κ1) is 21.3. The van der Waals surface area contributed by atoms with Crippen molar-refractivity contribution in [2.45, 2.75) is 0 Å². The van der Waals surface area contributed by atoms with E-state index in [1.165, 1.54) is 13.2 Å². The SMILES string of the molecule is COc1cc(/C=C/C(=O)c2ccncc2)ccc1OCC(=O)Nc1ccc(Br)cc1. The topological polar surface area (TPSA) is 77.5 Å². The maximum atomic E-state index is 12.2. The second kappa shape index (κ2) is 10.4. The minimum Gasteiger partial charge on any atom is -0.493 e. The summed E-state index contributed by atoms with van der Waals surface area (Å²) in [5.41, 5.74) is 2.00. The van der Waals surface area contributed by atoms with Crippen molar-refractivity contribution in [3.05, 3.63) is 88.7 Å². The normalized spacial score (nSPS) is 10.6. The lowest BCUT2D eigenvalue weighted by Crippen LogP contribution is -2.20. The molecule has 7 heteroatoms. The zero-order chi connectivity index (χ0) is 21.3. The lowest BCUT2D eigenvalue weighted by Gasteiger charge is -2.11. The number of hydrogen-bond donors (Lipinski definition) is 1. The van der Waals surface area contributed by atoms with Crippen molar-refractivity contribution in [3.63, 3.8) is 0 Å². The average Bonchev–Trinajstić information content (AvgIpc) is 2.78. The first-order valence-electron chi connectivity index (χ1n) is 9.04. The summed E-state index contributed by atoms with van der Waals surface area (Å²) in [6, 6.07) is 15.8. The summed E-state index contributed by atoms with van der Waals surface area (Å²) >= 11 is 3.35. The molecule has 2 aromatic carbocycles. The number of pyridine rings is 1. The average molecular weight is 467 g/mol. The van der Waals surface area contributed by atoms with Crippen molar-refractivity contribution in [2.24, 2.45) is 0 Å². The van der Waals surface area contributed by atoms with Gasteiger partial charge in [0.15, 0.2) is 23.9 Å². The molecule has 6 nitrogen and oxygen atoms in total. The van der Waals surface area contributed by atoms with E-state index < -0.39 is 0 Å². The second-order valence-electron chi connectivity index (χ2n) is 6.19. The van der Waals surface area contributed by atoms with E-state index in [0.717, 1.165) is 10.0 Å². The third-order valence-corrected chi connectivity index (χ3v) is 4.60. The minimum atomic E-state index is -0.286. The van der Waals surface area contributed by atoms with Gasteiger partial charge in [-0.3, -0.25) is 14.6 Å². The van der Waals surface area contributed by atoms with Gasteiger partial charge >= 0.3 is 0 Å². The van der Waals surface area contributed by atoms with Gasteiger partial charge in [-0.15, -0.1) is 0 Å². The maximum absolute atomic E-state index is 12.2. The molecule has 0 bridgehead atoms. The molecule has 0 spiro atoms. The number of ketones is 1. The predicted molar refractivity (Wildman–Crippen MR) is 119 cm³/mol. The molecule has 3 aromatic rings. The van der Waals surface area contributed by atoms with Gasteiger partial charge < -0.3 is 14.8 Å². The number of allylic oxidation sites excluding steroid dienone is 1. The number of methoxy groups -OCH3 is 1. The molecule has 0 atom stereocenters. The number of halogens is 1. The van der Waals surface area contributed by atoms with Gasteiger partial charge in [0.2, 0.25) is 0 Å². The van der Waals surface area contributed by atoms with Gasteiger partial charge in [0, 0.05) is 28.1 Å². The van der Waals surface area contributed by atoms with Crippen LogP contribution in [0.4, 0.5) is 5.69 Å². The van der Waals surface area contributed by atoms with Gasteiger partial charge in [-0.1, -0.05) is 28.1 Å². The molecule has 1 N–H and O–H groups in total. The van der Waals surface area contributed by atoms with E-state index in [1.807, 2.05) is 12.1 Å². The molecule has 0 fully saturated rings. The zero-order valence-corrected chi connectivity index (χ0v) is 17.8. The van der Waals surface area contributed by atoms with Gasteiger partial charge in [-0.2, -0.15) is 0 Å². The van der Waals surface area contributed by atoms with Crippen LogP contribution in [0.25, 0.3) is 6.08 Å². The Kier molecular flexibility index (Phi) is 7.34. The van der Waals surface area contributed by atoms with Crippen LogP contribution in [-0.2, 0) is 4.79 Å². The smallest absolute Gasteiger partial charge is 0.262 e. The Bertz CT molecular complexity index is 1050. The molecule has 1 heterocycles. The predicted octanol–water partition coefficient (Wildman–Crippen LogP) is 4.77. The number of carbonyl (C=O) groups is 2. The number of aromatic nitrogens is 1. The number of amides is 1. The molecule has 0 radical (unpaired) electrons. The van der Waals surface area contributed by atoms with Crippen LogP contribution in [0.3, 0.4) is 0 Å². The zero-order valence-electron chi connectivity index (χ0n) is 16.2. The molecule has 0 unspecified atom stereocenters. The number of carbonyl (C=O) groups excluding carboxylic acids is 2. The van der Waals surface area contributed by atoms with Gasteiger partial charge in [-0.25, -0.2) is 0 Å². The fourth-order valence-corrected chi connectivity index (χ4v) is 2.83. The summed E-state index contributed by atoms with van der Waals surface area (Å²) in [6.07, 6.45) is 6.32. The molecule has 1 amide bonds. The van der Waals surface area contributed by atoms with Crippen molar-refractivity contribution in [1.29, 1.82) is 0 Å². The number of benzene rings is 2. The maximum Gasteiger partial charge on any atom is 0.262 e. The molecule has 0 aliphatic heterocycles. The largest absolute Gasteiger partial charge is 0.493 e. The highest BCUT2D eigenvalue weighted by Gasteiger charge is 2.09. The Morgan fingerprint density at radius 3 is 2.47 bits per heavy atom. The highest BCUT2D eigenvalue weighted by atomic mass is 79.9. The van der Waals surface area contributed by atoms with Crippen molar-refractivity contribution >= 4 is 39.4 Å². The highest BCUT2D eigenvalue weighted by Crippen LogP contribution is 2.28. The first-order chi connectivity index (χ1) is 14.5. The van der Waals surface area contributed by atoms with Crippen LogP contribution in [0.15, 0.2) is 77.5 Å². The molecule has 0 saturated carbocycles. The molecule has 152 valence electrons. The standard InChI is InChI=1S/C23H19BrN2O4/c1-29-22-14-16(2-8-20(27)17-10-12-25-13-11-17)3-9-21(22)30-15-23(28)26-19-6-4-18(24)5-7-19/h2-14H,15H2,1H3,(H,26,28)/b8-2+. The van der Waals surface area contributed by atoms with Crippen LogP contribution in [0.2, 0.25) is 0 Å². The molecule has 0 aliphatic rings. The number of rotatable bonds is 8. The monoisotopic (exact) mass is 466 g/mol. The van der Waals surface area contributed by atoms with Crippen LogP contribution in [0, 0.1) is 0 Å². The first-order valence-corrected chi connectivity index (χ1v) is 9.83. The van der Waals surface area contributed by atoms with Crippen molar-refractivity contribution < 1.29 is 19.1 Å². The molecule has 0 aliphatic carbocycles. The molecule has 30 heavy (non-hydrogen) atoms. The third kappa shape index (κ3) is 6.02. The molecule has 1 aromatic heterocycles. The van der Waals surface area contributed by atoms with Crippen molar-refractivity contribution in [3.8, 4) is 11.5 Å². The van der Waals surface area contributed by atoms with E-state index >= 15 is 0 Å². The van der Waals surface area contributed by atoms with E-state index in [4.69, 9.17) is 9.47 Å². The number of ether oxygens (including phenoxy) is 2. The van der Waals surface area contributed by atoms with Gasteiger partial charge in [0.25, 0.3) is 5.91 Å². The Labute approximate surface area is 182 Å². The summed E-state index contributed by atoms with van der Waals surface area (Å²) in [5, 5.41) is 2.76. The van der Waals surface area contributed by atoms with E-state index in [2.05, 4.69) is 26.2 Å². The van der Waals surface area contributed by atoms with Crippen LogP contribution >= 0.6 is 15.9 Å². The summed E-state index contributed by atoms with van der Waals surface area (Å²) in [7, 11) is 1.51. The quantitative estimate of drug-likeness (QED) is 0.382. The third-order valence-electron chi connectivity index (χ3n) is 4.07. The number of nitrogens with zero attached hydrogens (tertiary/aromatic N) is 1. The van der Waals surface area contributed by atoms with E-state index in [0.29, 0.717) is 22.7 Å². The highest BCUT2D eigenvalue weighted by molar-refractivity contribution is 9.10. The van der Waals surface area contributed by atoms with Gasteiger partial charge in [0.05, 0.1) is 7.11 Å². The van der Waals surface area contributed by atoms with Crippen LogP contribution in [0.1, 0.15) is 15.9 Å². The van der Waals surface area contributed by atoms with Crippen molar-refractivity contribution in [1.82, 2.24) is 4.98 Å². The summed E-state index contributed by atoms with van der Waals surface area (Å²) in [4.78, 5) is 28.2. The number of hydrogen-bond acceptors (Lipinski definition) is 5. The number of anilines is 1. The Balaban J connectivity index is 1.61. The lowest BCUT2D eigenvalue weighted by atomic mass is 10.1. The van der Waals surface area contributed by atoms with Crippen LogP contribution < -0.4 is 14.8 Å². The van der Waals surface area contributed by atoms with E-state index in [9.17, 15) is 9.59 Å². The summed E-state index contributed by atoms with van der Waals surface area (Å²) < 4.78 is 11.9. The summed E-state index contributed by atoms with van der Waals surface area (Å²) in [6.45, 7) is -0.165. The molecule has 3 rings (SSSR count). The minimum absolute atomic E-state index is 0.124. The van der Waals surface area contributed by atoms with E-state index in [1.54, 1.807) is 60.9 Å². The second-order valence-corrected chi connectivity index (χ2v) is 7.10. The molecular weight excluding hydrogens is 448 g/mol. The Hall–Kier alpha value is -3.45. The fraction of sp³-hybridized carbons (Fsp3) is 0.0870. The fourth-order valence-electron chi connectivity index (χ4n) is 2.57. The lowest BCUT2D eigenvalue weighted by molar-refractivity contribution is -0.118. The van der Waals surface area contributed by atoms with Gasteiger partial charge in [-0.05, 0) is 60.2 Å².